The van der Waals surface area contributed by atoms with E-state index in [2.05, 4.69) is 25.0 Å². The van der Waals surface area contributed by atoms with Gasteiger partial charge in [0.15, 0.2) is 11.2 Å². The first kappa shape index (κ1) is 13.8. The number of H-pyrrole nitrogens is 1. The summed E-state index contributed by atoms with van der Waals surface area (Å²) in [5.41, 5.74) is 13.6. The van der Waals surface area contributed by atoms with E-state index >= 15 is 0 Å². The molecule has 0 aliphatic rings. The minimum absolute atomic E-state index is 0.00419. The molecule has 0 amide bonds. The van der Waals surface area contributed by atoms with Crippen molar-refractivity contribution in [2.24, 2.45) is 5.11 Å². The largest absolute Gasteiger partial charge is 0.394 e. The lowest BCUT2D eigenvalue weighted by Crippen LogP contribution is -2.22. The van der Waals surface area contributed by atoms with Crippen LogP contribution in [0.3, 0.4) is 0 Å². The fraction of sp³-hybridized carbons (Fsp3) is 0.444. The standard InChI is InChI=1S/C9H12N8O3/c10-9-14-7-6(8(19)15-9)12-3-17(7)4-20-5(2-18)1-13-16-11/h3,5,18H,1-2,4H2,(H3,10,14,15,19)/t5-/m0/s1. The Bertz CT molecular complexity index is 701. The van der Waals surface area contributed by atoms with Crippen LogP contribution >= 0.6 is 0 Å². The quantitative estimate of drug-likeness (QED) is 0.360. The number of hydrogen-bond donors (Lipinski definition) is 3. The fourth-order valence-corrected chi connectivity index (χ4v) is 1.54. The van der Waals surface area contributed by atoms with Gasteiger partial charge >= 0.3 is 0 Å². The van der Waals surface area contributed by atoms with E-state index in [1.807, 2.05) is 0 Å². The van der Waals surface area contributed by atoms with Crippen LogP contribution in [0.4, 0.5) is 5.95 Å². The molecule has 0 radical (unpaired) electrons. The monoisotopic (exact) mass is 280 g/mol. The van der Waals surface area contributed by atoms with Crippen molar-refractivity contribution in [3.05, 3.63) is 27.1 Å². The maximum atomic E-state index is 11.6. The van der Waals surface area contributed by atoms with Crippen LogP contribution in [-0.4, -0.2) is 43.9 Å². The number of nitrogens with two attached hydrogens (primary N) is 1. The smallest absolute Gasteiger partial charge is 0.280 e. The highest BCUT2D eigenvalue weighted by Gasteiger charge is 2.11. The van der Waals surface area contributed by atoms with E-state index in [-0.39, 0.29) is 37.0 Å². The third-order valence-electron chi connectivity index (χ3n) is 2.49. The molecule has 0 aliphatic carbocycles. The van der Waals surface area contributed by atoms with E-state index in [0.29, 0.717) is 0 Å². The van der Waals surface area contributed by atoms with Crippen molar-refractivity contribution in [3.8, 4) is 0 Å². The van der Waals surface area contributed by atoms with Crippen LogP contribution in [0.1, 0.15) is 0 Å². The van der Waals surface area contributed by atoms with Crippen molar-refractivity contribution in [1.82, 2.24) is 19.5 Å². The number of aromatic nitrogens is 4. The van der Waals surface area contributed by atoms with Gasteiger partial charge in [0.1, 0.15) is 6.73 Å². The lowest BCUT2D eigenvalue weighted by atomic mass is 10.4. The molecule has 0 saturated carbocycles. The number of anilines is 1. The van der Waals surface area contributed by atoms with E-state index in [9.17, 15) is 4.79 Å². The summed E-state index contributed by atoms with van der Waals surface area (Å²) in [6.45, 7) is -0.323. The molecule has 0 spiro atoms. The van der Waals surface area contributed by atoms with Crippen molar-refractivity contribution in [1.29, 1.82) is 0 Å². The lowest BCUT2D eigenvalue weighted by Gasteiger charge is -2.13. The Morgan fingerprint density at radius 1 is 1.70 bits per heavy atom. The number of aromatic amines is 1. The maximum absolute atomic E-state index is 11.6. The van der Waals surface area contributed by atoms with E-state index < -0.39 is 11.7 Å². The van der Waals surface area contributed by atoms with Gasteiger partial charge in [-0.15, -0.1) is 0 Å². The van der Waals surface area contributed by atoms with Crippen LogP contribution in [-0.2, 0) is 11.5 Å². The molecule has 0 aromatic carbocycles. The van der Waals surface area contributed by atoms with Crippen molar-refractivity contribution < 1.29 is 9.84 Å². The summed E-state index contributed by atoms with van der Waals surface area (Å²) < 4.78 is 6.80. The summed E-state index contributed by atoms with van der Waals surface area (Å²) in [6.07, 6.45) is 0.719. The summed E-state index contributed by atoms with van der Waals surface area (Å²) in [4.78, 5) is 24.3. The molecular weight excluding hydrogens is 268 g/mol. The molecule has 4 N–H and O–H groups in total. The molecule has 11 nitrogen and oxygen atoms in total. The Morgan fingerprint density at radius 3 is 3.20 bits per heavy atom. The number of ether oxygens (including phenoxy) is 1. The molecule has 106 valence electrons. The van der Waals surface area contributed by atoms with Crippen LogP contribution in [0.15, 0.2) is 16.2 Å². The topological polar surface area (TPSA) is 168 Å². The van der Waals surface area contributed by atoms with E-state index in [0.717, 1.165) is 0 Å². The first-order chi connectivity index (χ1) is 9.65. The van der Waals surface area contributed by atoms with Gasteiger partial charge in [-0.1, -0.05) is 5.11 Å². The van der Waals surface area contributed by atoms with Gasteiger partial charge in [-0.25, -0.2) is 4.98 Å². The first-order valence-corrected chi connectivity index (χ1v) is 5.59. The number of aliphatic hydroxyl groups is 1. The molecule has 0 saturated heterocycles. The molecule has 0 unspecified atom stereocenters. The molecule has 11 heteroatoms. The number of fused-ring (bicyclic) bond motifs is 1. The van der Waals surface area contributed by atoms with Crippen LogP contribution in [0.2, 0.25) is 0 Å². The number of azide groups is 1. The Balaban J connectivity index is 2.17. The summed E-state index contributed by atoms with van der Waals surface area (Å²) in [5.74, 6) is -0.0305. The number of nitrogen functional groups attached to an aromatic ring is 1. The summed E-state index contributed by atoms with van der Waals surface area (Å²) in [6, 6.07) is 0. The molecular formula is C9H12N8O3. The predicted molar refractivity (Wildman–Crippen MR) is 68.5 cm³/mol. The molecule has 20 heavy (non-hydrogen) atoms. The number of imidazole rings is 1. The van der Waals surface area contributed by atoms with E-state index in [1.165, 1.54) is 10.9 Å². The molecule has 2 aromatic rings. The van der Waals surface area contributed by atoms with Crippen molar-refractivity contribution in [2.45, 2.75) is 12.8 Å². The second-order valence-electron chi connectivity index (χ2n) is 3.85. The number of aliphatic hydroxyl groups excluding tert-OH is 1. The van der Waals surface area contributed by atoms with Gasteiger partial charge in [0.05, 0.1) is 25.6 Å². The number of nitrogens with zero attached hydrogens (tertiary/aromatic N) is 6. The van der Waals surface area contributed by atoms with Crippen LogP contribution in [0.25, 0.3) is 21.6 Å². The summed E-state index contributed by atoms with van der Waals surface area (Å²) in [7, 11) is 0. The number of rotatable bonds is 6. The molecule has 1 atom stereocenters. The van der Waals surface area contributed by atoms with E-state index in [4.69, 9.17) is 21.1 Å². The third-order valence-corrected chi connectivity index (χ3v) is 2.49. The zero-order chi connectivity index (χ0) is 14.5. The molecule has 2 heterocycles. The predicted octanol–water partition coefficient (Wildman–Crippen LogP) is -0.653. The Morgan fingerprint density at radius 2 is 2.50 bits per heavy atom. The summed E-state index contributed by atoms with van der Waals surface area (Å²) >= 11 is 0. The van der Waals surface area contributed by atoms with Gasteiger partial charge in [0.25, 0.3) is 5.56 Å². The normalized spacial score (nSPS) is 12.2. The van der Waals surface area contributed by atoms with Gasteiger partial charge in [-0.2, -0.15) is 4.98 Å². The highest BCUT2D eigenvalue weighted by atomic mass is 16.5. The molecule has 0 aliphatic heterocycles. The van der Waals surface area contributed by atoms with Gasteiger partial charge in [0.2, 0.25) is 5.95 Å². The van der Waals surface area contributed by atoms with Gasteiger partial charge < -0.3 is 15.6 Å². The molecule has 0 bridgehead atoms. The van der Waals surface area contributed by atoms with E-state index in [1.54, 1.807) is 0 Å². The SMILES string of the molecule is [N-]=[N+]=NC[C@@H](CO)OCn1cnc2c(=O)[nH]c(N)nc21. The van der Waals surface area contributed by atoms with Crippen LogP contribution in [0, 0.1) is 0 Å². The number of hydrogen-bond acceptors (Lipinski definition) is 7. The molecule has 2 rings (SSSR count). The number of nitrogens with one attached hydrogen (secondary N) is 1. The summed E-state index contributed by atoms with van der Waals surface area (Å²) in [5, 5.41) is 12.4. The maximum Gasteiger partial charge on any atom is 0.280 e. The zero-order valence-corrected chi connectivity index (χ0v) is 10.3. The fourth-order valence-electron chi connectivity index (χ4n) is 1.54. The van der Waals surface area contributed by atoms with Crippen molar-refractivity contribution in [2.75, 3.05) is 18.9 Å². The first-order valence-electron chi connectivity index (χ1n) is 5.59. The average Bonchev–Trinajstić information content (AvgIpc) is 2.82. The highest BCUT2D eigenvalue weighted by molar-refractivity contribution is 5.70. The average molecular weight is 280 g/mol. The van der Waals surface area contributed by atoms with Crippen LogP contribution in [0.5, 0.6) is 0 Å². The lowest BCUT2D eigenvalue weighted by molar-refractivity contribution is -0.0167. The Hall–Kier alpha value is -2.62. The minimum atomic E-state index is -0.650. The molecule has 2 aromatic heterocycles. The molecule has 0 fully saturated rings. The third kappa shape index (κ3) is 2.85. The highest BCUT2D eigenvalue weighted by Crippen LogP contribution is 2.07. The Kier molecular flexibility index (Phi) is 4.15. The van der Waals surface area contributed by atoms with Gasteiger partial charge in [0, 0.05) is 4.91 Å². The minimum Gasteiger partial charge on any atom is -0.394 e. The second kappa shape index (κ2) is 6.02. The van der Waals surface area contributed by atoms with Crippen molar-refractivity contribution in [3.63, 3.8) is 0 Å². The second-order valence-corrected chi connectivity index (χ2v) is 3.85. The van der Waals surface area contributed by atoms with Crippen LogP contribution < -0.4 is 11.3 Å². The Labute approximate surface area is 111 Å². The van der Waals surface area contributed by atoms with Crippen molar-refractivity contribution >= 4 is 17.1 Å². The van der Waals surface area contributed by atoms with Gasteiger partial charge in [-0.3, -0.25) is 14.3 Å². The van der Waals surface area contributed by atoms with Gasteiger partial charge in [-0.05, 0) is 5.53 Å². The zero-order valence-electron chi connectivity index (χ0n) is 10.3.